The van der Waals surface area contributed by atoms with Gasteiger partial charge in [0.2, 0.25) is 5.03 Å². The molecule has 2 aromatic heterocycles. The largest absolute Gasteiger partial charge is 0.261 e. The first-order valence-electron chi connectivity index (χ1n) is 5.33. The van der Waals surface area contributed by atoms with Crippen LogP contribution in [0.5, 0.6) is 0 Å². The standard InChI is InChI=1S/C11H10ClFN2O2S2/c12-10-4-3-8(18-10)5-7-15-19(16,17)11-9(13)2-1-6-14-11/h1-4,6,15H,5,7H2. The molecule has 0 spiro atoms. The van der Waals surface area contributed by atoms with Crippen LogP contribution in [0, 0.1) is 5.82 Å². The van der Waals surface area contributed by atoms with Crippen molar-refractivity contribution in [3.63, 3.8) is 0 Å². The van der Waals surface area contributed by atoms with E-state index in [1.165, 1.54) is 23.6 Å². The van der Waals surface area contributed by atoms with Gasteiger partial charge in [-0.05, 0) is 30.7 Å². The lowest BCUT2D eigenvalue weighted by Gasteiger charge is -2.05. The molecule has 0 unspecified atom stereocenters. The lowest BCUT2D eigenvalue weighted by molar-refractivity contribution is 0.545. The van der Waals surface area contributed by atoms with Crippen LogP contribution in [-0.4, -0.2) is 19.9 Å². The van der Waals surface area contributed by atoms with Gasteiger partial charge in [-0.3, -0.25) is 0 Å². The highest BCUT2D eigenvalue weighted by Gasteiger charge is 2.19. The third kappa shape index (κ3) is 3.73. The molecule has 0 bridgehead atoms. The zero-order valence-corrected chi connectivity index (χ0v) is 12.0. The van der Waals surface area contributed by atoms with E-state index in [0.29, 0.717) is 10.8 Å². The van der Waals surface area contributed by atoms with Crippen molar-refractivity contribution in [3.8, 4) is 0 Å². The Morgan fingerprint density at radius 1 is 1.37 bits per heavy atom. The maximum absolute atomic E-state index is 13.3. The molecule has 0 aromatic carbocycles. The van der Waals surface area contributed by atoms with Gasteiger partial charge in [-0.1, -0.05) is 11.6 Å². The van der Waals surface area contributed by atoms with Crippen LogP contribution in [0.1, 0.15) is 4.88 Å². The second-order valence-corrected chi connectivity index (χ2v) is 7.13. The summed E-state index contributed by atoms with van der Waals surface area (Å²) in [6.07, 6.45) is 1.72. The fraction of sp³-hybridized carbons (Fsp3) is 0.182. The molecule has 8 heteroatoms. The minimum absolute atomic E-state index is 0.162. The quantitative estimate of drug-likeness (QED) is 0.920. The van der Waals surface area contributed by atoms with Crippen LogP contribution >= 0.6 is 22.9 Å². The van der Waals surface area contributed by atoms with E-state index in [2.05, 4.69) is 9.71 Å². The summed E-state index contributed by atoms with van der Waals surface area (Å²) in [7, 11) is -3.92. The Balaban J connectivity index is 2.01. The number of halogens is 2. The first-order valence-corrected chi connectivity index (χ1v) is 8.01. The van der Waals surface area contributed by atoms with Gasteiger partial charge >= 0.3 is 0 Å². The maximum atomic E-state index is 13.3. The van der Waals surface area contributed by atoms with Crippen molar-refractivity contribution in [2.24, 2.45) is 0 Å². The molecular formula is C11H10ClFN2O2S2. The lowest BCUT2D eigenvalue weighted by atomic mass is 10.3. The van der Waals surface area contributed by atoms with Gasteiger partial charge < -0.3 is 0 Å². The lowest BCUT2D eigenvalue weighted by Crippen LogP contribution is -2.27. The third-order valence-electron chi connectivity index (χ3n) is 2.27. The number of nitrogens with one attached hydrogen (secondary N) is 1. The number of hydrogen-bond donors (Lipinski definition) is 1. The van der Waals surface area contributed by atoms with Crippen molar-refractivity contribution in [1.29, 1.82) is 0 Å². The Labute approximate surface area is 119 Å². The van der Waals surface area contributed by atoms with Crippen LogP contribution in [0.25, 0.3) is 0 Å². The molecule has 102 valence electrons. The van der Waals surface area contributed by atoms with Gasteiger partial charge in [-0.2, -0.15) is 0 Å². The summed E-state index contributed by atoms with van der Waals surface area (Å²) in [4.78, 5) is 4.49. The summed E-state index contributed by atoms with van der Waals surface area (Å²) in [6, 6.07) is 5.96. The molecule has 2 heterocycles. The summed E-state index contributed by atoms with van der Waals surface area (Å²) in [5, 5.41) is -0.584. The van der Waals surface area contributed by atoms with E-state index < -0.39 is 20.9 Å². The molecule has 0 saturated carbocycles. The van der Waals surface area contributed by atoms with Crippen LogP contribution in [0.3, 0.4) is 0 Å². The fourth-order valence-corrected chi connectivity index (χ4v) is 3.55. The average molecular weight is 321 g/mol. The molecule has 0 saturated heterocycles. The summed E-state index contributed by atoms with van der Waals surface area (Å²) >= 11 is 7.14. The molecule has 0 aliphatic carbocycles. The van der Waals surface area contributed by atoms with Crippen molar-refractivity contribution in [2.45, 2.75) is 11.4 Å². The smallest absolute Gasteiger partial charge is 0.241 e. The molecule has 4 nitrogen and oxygen atoms in total. The van der Waals surface area contributed by atoms with Crippen LogP contribution in [0.15, 0.2) is 35.5 Å². The minimum atomic E-state index is -3.92. The highest BCUT2D eigenvalue weighted by atomic mass is 35.5. The van der Waals surface area contributed by atoms with E-state index in [4.69, 9.17) is 11.6 Å². The predicted molar refractivity (Wildman–Crippen MR) is 72.4 cm³/mol. The average Bonchev–Trinajstić information content (AvgIpc) is 2.75. The van der Waals surface area contributed by atoms with E-state index in [-0.39, 0.29) is 6.54 Å². The second-order valence-electron chi connectivity index (χ2n) is 3.64. The first kappa shape index (κ1) is 14.4. The molecule has 0 aliphatic rings. The Hall–Kier alpha value is -1.02. The van der Waals surface area contributed by atoms with Crippen LogP contribution in [0.4, 0.5) is 4.39 Å². The van der Waals surface area contributed by atoms with Crippen molar-refractivity contribution >= 4 is 33.0 Å². The molecule has 19 heavy (non-hydrogen) atoms. The summed E-state index contributed by atoms with van der Waals surface area (Å²) < 4.78 is 39.9. The number of aromatic nitrogens is 1. The van der Waals surface area contributed by atoms with Gasteiger partial charge in [0.15, 0.2) is 5.82 Å². The normalized spacial score (nSPS) is 11.7. The van der Waals surface area contributed by atoms with E-state index >= 15 is 0 Å². The Kier molecular flexibility index (Phi) is 4.51. The monoisotopic (exact) mass is 320 g/mol. The topological polar surface area (TPSA) is 59.1 Å². The number of thiophene rings is 1. The second kappa shape index (κ2) is 5.96. The van der Waals surface area contributed by atoms with Crippen molar-refractivity contribution < 1.29 is 12.8 Å². The van der Waals surface area contributed by atoms with Gasteiger partial charge in [-0.25, -0.2) is 22.5 Å². The Morgan fingerprint density at radius 3 is 2.79 bits per heavy atom. The number of hydrogen-bond acceptors (Lipinski definition) is 4. The van der Waals surface area contributed by atoms with Crippen LogP contribution in [0.2, 0.25) is 4.34 Å². The molecule has 0 radical (unpaired) electrons. The highest BCUT2D eigenvalue weighted by Crippen LogP contribution is 2.21. The molecule has 0 aliphatic heterocycles. The van der Waals surface area contributed by atoms with Gasteiger partial charge in [0, 0.05) is 17.6 Å². The van der Waals surface area contributed by atoms with Crippen molar-refractivity contribution in [2.75, 3.05) is 6.54 Å². The SMILES string of the molecule is O=S(=O)(NCCc1ccc(Cl)s1)c1ncccc1F. The van der Waals surface area contributed by atoms with Gasteiger partial charge in [0.25, 0.3) is 10.0 Å². The third-order valence-corrected chi connectivity index (χ3v) is 4.96. The number of nitrogens with zero attached hydrogens (tertiary/aromatic N) is 1. The molecule has 2 aromatic rings. The molecule has 0 atom stereocenters. The highest BCUT2D eigenvalue weighted by molar-refractivity contribution is 7.89. The van der Waals surface area contributed by atoms with Gasteiger partial charge in [0.05, 0.1) is 4.34 Å². The van der Waals surface area contributed by atoms with E-state index in [9.17, 15) is 12.8 Å². The Bertz CT molecular complexity index is 673. The minimum Gasteiger partial charge on any atom is -0.241 e. The van der Waals surface area contributed by atoms with Crippen LogP contribution < -0.4 is 4.72 Å². The van der Waals surface area contributed by atoms with E-state index in [0.717, 1.165) is 10.9 Å². The van der Waals surface area contributed by atoms with Crippen molar-refractivity contribution in [1.82, 2.24) is 9.71 Å². The van der Waals surface area contributed by atoms with Gasteiger partial charge in [0.1, 0.15) is 0 Å². The van der Waals surface area contributed by atoms with Crippen LogP contribution in [-0.2, 0) is 16.4 Å². The maximum Gasteiger partial charge on any atom is 0.261 e. The molecule has 1 N–H and O–H groups in total. The summed E-state index contributed by atoms with van der Waals surface area (Å²) in [5.74, 6) is -0.867. The van der Waals surface area contributed by atoms with E-state index in [1.807, 2.05) is 6.07 Å². The summed E-state index contributed by atoms with van der Waals surface area (Å²) in [5.41, 5.74) is 0. The Morgan fingerprint density at radius 2 is 2.16 bits per heavy atom. The van der Waals surface area contributed by atoms with Crippen molar-refractivity contribution in [3.05, 3.63) is 45.5 Å². The zero-order valence-electron chi connectivity index (χ0n) is 9.64. The molecule has 0 fully saturated rings. The van der Waals surface area contributed by atoms with E-state index in [1.54, 1.807) is 6.07 Å². The predicted octanol–water partition coefficient (Wildman–Crippen LogP) is 2.46. The first-order chi connectivity index (χ1) is 8.99. The molecular weight excluding hydrogens is 311 g/mol. The molecule has 2 rings (SSSR count). The number of sulfonamides is 1. The molecule has 0 amide bonds. The fourth-order valence-electron chi connectivity index (χ4n) is 1.43. The summed E-state index contributed by atoms with van der Waals surface area (Å²) in [6.45, 7) is 0.162. The number of pyridine rings is 1. The number of rotatable bonds is 5. The van der Waals surface area contributed by atoms with Gasteiger partial charge in [-0.15, -0.1) is 11.3 Å². The zero-order chi connectivity index (χ0) is 13.9.